The van der Waals surface area contributed by atoms with Gasteiger partial charge in [0, 0.05) is 24.3 Å². The summed E-state index contributed by atoms with van der Waals surface area (Å²) in [5.41, 5.74) is 3.93. The van der Waals surface area contributed by atoms with Gasteiger partial charge in [0.1, 0.15) is 0 Å². The molecular weight excluding hydrogens is 244 g/mol. The van der Waals surface area contributed by atoms with E-state index in [0.29, 0.717) is 5.92 Å². The van der Waals surface area contributed by atoms with Gasteiger partial charge >= 0.3 is 0 Å². The van der Waals surface area contributed by atoms with Crippen molar-refractivity contribution in [2.24, 2.45) is 5.92 Å². The molecule has 0 amide bonds. The highest BCUT2D eigenvalue weighted by molar-refractivity contribution is 5.81. The number of allylic oxidation sites excluding steroid dienone is 1. The molecule has 0 saturated heterocycles. The first-order chi connectivity index (χ1) is 9.61. The molecule has 1 aromatic heterocycles. The van der Waals surface area contributed by atoms with Gasteiger partial charge in [-0.05, 0) is 36.4 Å². The Morgan fingerprint density at radius 3 is 2.75 bits per heavy atom. The van der Waals surface area contributed by atoms with E-state index in [0.717, 1.165) is 26.1 Å². The molecule has 0 aliphatic carbocycles. The molecular formula is C18H26N2. The third-order valence-corrected chi connectivity index (χ3v) is 3.64. The molecule has 108 valence electrons. The van der Waals surface area contributed by atoms with Gasteiger partial charge in [-0.2, -0.15) is 0 Å². The van der Waals surface area contributed by atoms with Gasteiger partial charge in [0.2, 0.25) is 0 Å². The van der Waals surface area contributed by atoms with Crippen LogP contribution in [0.1, 0.15) is 32.9 Å². The SMILES string of the molecule is C=C(CC)Cn1c(CNCC(C)C)cc2ccccc21. The lowest BCUT2D eigenvalue weighted by molar-refractivity contribution is 0.540. The fraction of sp³-hybridized carbons (Fsp3) is 0.444. The zero-order valence-electron chi connectivity index (χ0n) is 12.9. The largest absolute Gasteiger partial charge is 0.339 e. The second-order valence-electron chi connectivity index (χ2n) is 5.91. The topological polar surface area (TPSA) is 17.0 Å². The molecule has 1 aromatic carbocycles. The third-order valence-electron chi connectivity index (χ3n) is 3.64. The molecule has 0 bridgehead atoms. The van der Waals surface area contributed by atoms with Crippen LogP contribution >= 0.6 is 0 Å². The summed E-state index contributed by atoms with van der Waals surface area (Å²) in [6.45, 7) is 13.7. The van der Waals surface area contributed by atoms with Gasteiger partial charge in [-0.25, -0.2) is 0 Å². The Labute approximate surface area is 122 Å². The fourth-order valence-electron chi connectivity index (χ4n) is 2.43. The first-order valence-electron chi connectivity index (χ1n) is 7.56. The van der Waals surface area contributed by atoms with E-state index in [9.17, 15) is 0 Å². The lowest BCUT2D eigenvalue weighted by atomic mass is 10.2. The predicted octanol–water partition coefficient (Wildman–Crippen LogP) is 4.35. The third kappa shape index (κ3) is 3.51. The maximum atomic E-state index is 4.16. The Morgan fingerprint density at radius 1 is 1.30 bits per heavy atom. The average Bonchev–Trinajstić information content (AvgIpc) is 2.76. The summed E-state index contributed by atoms with van der Waals surface area (Å²) in [6.07, 6.45) is 1.03. The molecule has 0 saturated carbocycles. The molecule has 0 aliphatic rings. The van der Waals surface area contributed by atoms with Crippen LogP contribution in [0.4, 0.5) is 0 Å². The Bertz CT molecular complexity index is 578. The number of aromatic nitrogens is 1. The summed E-state index contributed by atoms with van der Waals surface area (Å²) in [6, 6.07) is 10.9. The van der Waals surface area contributed by atoms with Gasteiger partial charge in [0.25, 0.3) is 0 Å². The normalized spacial score (nSPS) is 11.4. The van der Waals surface area contributed by atoms with E-state index < -0.39 is 0 Å². The second-order valence-corrected chi connectivity index (χ2v) is 5.91. The molecule has 2 nitrogen and oxygen atoms in total. The fourth-order valence-corrected chi connectivity index (χ4v) is 2.43. The second kappa shape index (κ2) is 6.76. The van der Waals surface area contributed by atoms with E-state index in [1.165, 1.54) is 22.2 Å². The highest BCUT2D eigenvalue weighted by Crippen LogP contribution is 2.21. The molecule has 0 aliphatic heterocycles. The van der Waals surface area contributed by atoms with Crippen molar-refractivity contribution in [1.82, 2.24) is 9.88 Å². The van der Waals surface area contributed by atoms with Crippen molar-refractivity contribution in [3.8, 4) is 0 Å². The van der Waals surface area contributed by atoms with E-state index in [2.05, 4.69) is 67.6 Å². The van der Waals surface area contributed by atoms with Crippen LogP contribution in [-0.2, 0) is 13.1 Å². The number of rotatable bonds is 7. The van der Waals surface area contributed by atoms with Crippen LogP contribution in [0.25, 0.3) is 10.9 Å². The highest BCUT2D eigenvalue weighted by atomic mass is 15.0. The monoisotopic (exact) mass is 270 g/mol. The lowest BCUT2D eigenvalue weighted by Gasteiger charge is -2.13. The minimum atomic E-state index is 0.679. The number of nitrogens with zero attached hydrogens (tertiary/aromatic N) is 1. The number of nitrogens with one attached hydrogen (secondary N) is 1. The molecule has 2 aromatic rings. The van der Waals surface area contributed by atoms with Gasteiger partial charge < -0.3 is 9.88 Å². The number of hydrogen-bond donors (Lipinski definition) is 1. The van der Waals surface area contributed by atoms with Crippen molar-refractivity contribution < 1.29 is 0 Å². The van der Waals surface area contributed by atoms with Crippen LogP contribution in [0.2, 0.25) is 0 Å². The van der Waals surface area contributed by atoms with E-state index in [4.69, 9.17) is 0 Å². The van der Waals surface area contributed by atoms with Crippen LogP contribution in [0, 0.1) is 5.92 Å². The Kier molecular flexibility index (Phi) is 5.02. The first-order valence-corrected chi connectivity index (χ1v) is 7.56. The minimum absolute atomic E-state index is 0.679. The molecule has 20 heavy (non-hydrogen) atoms. The zero-order chi connectivity index (χ0) is 14.5. The molecule has 0 unspecified atom stereocenters. The molecule has 0 spiro atoms. The summed E-state index contributed by atoms with van der Waals surface area (Å²) < 4.78 is 2.40. The van der Waals surface area contributed by atoms with Crippen LogP contribution in [-0.4, -0.2) is 11.1 Å². The van der Waals surface area contributed by atoms with E-state index in [-0.39, 0.29) is 0 Å². The van der Waals surface area contributed by atoms with Crippen LogP contribution < -0.4 is 5.32 Å². The molecule has 0 fully saturated rings. The molecule has 0 radical (unpaired) electrons. The van der Waals surface area contributed by atoms with Gasteiger partial charge in [-0.15, -0.1) is 0 Å². The predicted molar refractivity (Wildman–Crippen MR) is 87.9 cm³/mol. The lowest BCUT2D eigenvalue weighted by Crippen LogP contribution is -2.21. The van der Waals surface area contributed by atoms with Crippen LogP contribution in [0.15, 0.2) is 42.5 Å². The number of benzene rings is 1. The zero-order valence-corrected chi connectivity index (χ0v) is 12.9. The summed E-state index contributed by atoms with van der Waals surface area (Å²) in [7, 11) is 0. The maximum Gasteiger partial charge on any atom is 0.0485 e. The highest BCUT2D eigenvalue weighted by Gasteiger charge is 2.09. The minimum Gasteiger partial charge on any atom is -0.339 e. The summed E-state index contributed by atoms with van der Waals surface area (Å²) in [5.74, 6) is 0.679. The Balaban J connectivity index is 2.26. The van der Waals surface area contributed by atoms with Gasteiger partial charge in [0.05, 0.1) is 0 Å². The van der Waals surface area contributed by atoms with Gasteiger partial charge in [-0.1, -0.05) is 51.1 Å². The molecule has 0 atom stereocenters. The van der Waals surface area contributed by atoms with Crippen molar-refractivity contribution in [2.45, 2.75) is 40.3 Å². The quantitative estimate of drug-likeness (QED) is 0.740. The van der Waals surface area contributed by atoms with E-state index in [1.807, 2.05) is 0 Å². The van der Waals surface area contributed by atoms with Crippen molar-refractivity contribution in [3.63, 3.8) is 0 Å². The van der Waals surface area contributed by atoms with Crippen molar-refractivity contribution in [3.05, 3.63) is 48.2 Å². The molecule has 2 rings (SSSR count). The Morgan fingerprint density at radius 2 is 2.05 bits per heavy atom. The number of fused-ring (bicyclic) bond motifs is 1. The Hall–Kier alpha value is -1.54. The molecule has 2 heteroatoms. The first kappa shape index (κ1) is 14.9. The van der Waals surface area contributed by atoms with Crippen molar-refractivity contribution in [2.75, 3.05) is 6.54 Å². The number of hydrogen-bond acceptors (Lipinski definition) is 1. The van der Waals surface area contributed by atoms with Crippen LogP contribution in [0.3, 0.4) is 0 Å². The number of para-hydroxylation sites is 1. The maximum absolute atomic E-state index is 4.16. The summed E-state index contributed by atoms with van der Waals surface area (Å²) in [5, 5.41) is 4.86. The van der Waals surface area contributed by atoms with Crippen molar-refractivity contribution >= 4 is 10.9 Å². The van der Waals surface area contributed by atoms with E-state index >= 15 is 0 Å². The standard InChI is InChI=1S/C18H26N2/c1-5-15(4)13-20-17(12-19-11-14(2)3)10-16-8-6-7-9-18(16)20/h6-10,14,19H,4-5,11-13H2,1-3H3. The molecule has 1 N–H and O–H groups in total. The summed E-state index contributed by atoms with van der Waals surface area (Å²) >= 11 is 0. The molecule has 1 heterocycles. The van der Waals surface area contributed by atoms with Gasteiger partial charge in [0.15, 0.2) is 0 Å². The van der Waals surface area contributed by atoms with Crippen molar-refractivity contribution in [1.29, 1.82) is 0 Å². The smallest absolute Gasteiger partial charge is 0.0485 e. The van der Waals surface area contributed by atoms with E-state index in [1.54, 1.807) is 0 Å². The van der Waals surface area contributed by atoms with Crippen LogP contribution in [0.5, 0.6) is 0 Å². The summed E-state index contributed by atoms with van der Waals surface area (Å²) in [4.78, 5) is 0. The average molecular weight is 270 g/mol. The van der Waals surface area contributed by atoms with Gasteiger partial charge in [-0.3, -0.25) is 0 Å².